The average molecular weight is 349 g/mol. The second-order valence-corrected chi connectivity index (χ2v) is 6.04. The first-order chi connectivity index (χ1) is 12.6. The number of hydrogen-bond acceptors (Lipinski definition) is 4. The van der Waals surface area contributed by atoms with Gasteiger partial charge in [0.1, 0.15) is 5.75 Å². The molecule has 1 atom stereocenters. The summed E-state index contributed by atoms with van der Waals surface area (Å²) in [6.45, 7) is 7.08. The Hall–Kier alpha value is -2.95. The molecule has 3 rings (SSSR count). The van der Waals surface area contributed by atoms with Crippen LogP contribution in [0.1, 0.15) is 20.8 Å². The summed E-state index contributed by atoms with van der Waals surface area (Å²) in [5.74, 6) is 0.662. The molecule has 26 heavy (non-hydrogen) atoms. The van der Waals surface area contributed by atoms with Crippen LogP contribution in [0.4, 0.5) is 0 Å². The van der Waals surface area contributed by atoms with E-state index < -0.39 is 6.10 Å². The van der Waals surface area contributed by atoms with Crippen LogP contribution in [0.15, 0.2) is 54.7 Å². The number of fused-ring (bicyclic) bond motifs is 1. The van der Waals surface area contributed by atoms with Crippen molar-refractivity contribution >= 4 is 16.9 Å². The van der Waals surface area contributed by atoms with Crippen molar-refractivity contribution in [3.8, 4) is 17.0 Å². The monoisotopic (exact) mass is 349 g/mol. The predicted octanol–water partition coefficient (Wildman–Crippen LogP) is 3.93. The van der Waals surface area contributed by atoms with Crippen molar-refractivity contribution in [2.75, 3.05) is 13.1 Å². The minimum absolute atomic E-state index is 0.000489. The average Bonchev–Trinajstić information content (AvgIpc) is 2.69. The molecule has 0 spiro atoms. The zero-order valence-electron chi connectivity index (χ0n) is 15.3. The molecule has 0 unspecified atom stereocenters. The first-order valence-electron chi connectivity index (χ1n) is 8.90. The van der Waals surface area contributed by atoms with E-state index in [0.717, 1.165) is 22.3 Å². The standard InChI is InChI=1S/C21H23N3O2/c1-4-24(5-2)21(25)15(3)26-17-12-10-16(11-13-17)20-14-22-18-8-6-7-9-19(18)23-20/h6-15H,4-5H2,1-3H3/t15-/m1/s1. The molecule has 5 heteroatoms. The number of rotatable bonds is 6. The van der Waals surface area contributed by atoms with Gasteiger partial charge < -0.3 is 9.64 Å². The quantitative estimate of drug-likeness (QED) is 0.676. The van der Waals surface area contributed by atoms with Crippen LogP contribution >= 0.6 is 0 Å². The van der Waals surface area contributed by atoms with Crippen LogP contribution in [0.2, 0.25) is 0 Å². The first kappa shape index (κ1) is 17.9. The van der Waals surface area contributed by atoms with Gasteiger partial charge in [-0.25, -0.2) is 4.98 Å². The summed E-state index contributed by atoms with van der Waals surface area (Å²) in [7, 11) is 0. The Morgan fingerprint density at radius 2 is 1.69 bits per heavy atom. The molecule has 0 aliphatic rings. The summed E-state index contributed by atoms with van der Waals surface area (Å²) in [5.41, 5.74) is 3.50. The van der Waals surface area contributed by atoms with Gasteiger partial charge in [-0.15, -0.1) is 0 Å². The molecule has 0 saturated carbocycles. The fourth-order valence-electron chi connectivity index (χ4n) is 2.85. The highest BCUT2D eigenvalue weighted by atomic mass is 16.5. The van der Waals surface area contributed by atoms with E-state index in [-0.39, 0.29) is 5.91 Å². The molecule has 2 aromatic carbocycles. The topological polar surface area (TPSA) is 55.3 Å². The van der Waals surface area contributed by atoms with Crippen molar-refractivity contribution in [2.45, 2.75) is 26.9 Å². The van der Waals surface area contributed by atoms with Crippen molar-refractivity contribution in [3.05, 3.63) is 54.7 Å². The van der Waals surface area contributed by atoms with E-state index in [4.69, 9.17) is 4.74 Å². The van der Waals surface area contributed by atoms with Gasteiger partial charge in [0.15, 0.2) is 6.10 Å². The van der Waals surface area contributed by atoms with Gasteiger partial charge in [-0.2, -0.15) is 0 Å². The first-order valence-corrected chi connectivity index (χ1v) is 8.90. The Morgan fingerprint density at radius 3 is 2.35 bits per heavy atom. The molecular weight excluding hydrogens is 326 g/mol. The number of amides is 1. The normalized spacial score (nSPS) is 12.0. The number of hydrogen-bond donors (Lipinski definition) is 0. The van der Waals surface area contributed by atoms with Gasteiger partial charge in [0.2, 0.25) is 0 Å². The summed E-state index contributed by atoms with van der Waals surface area (Å²) >= 11 is 0. The molecule has 1 amide bonds. The molecule has 0 bridgehead atoms. The minimum atomic E-state index is -0.513. The Bertz CT molecular complexity index is 889. The predicted molar refractivity (Wildman–Crippen MR) is 103 cm³/mol. The molecule has 5 nitrogen and oxygen atoms in total. The largest absolute Gasteiger partial charge is 0.481 e. The summed E-state index contributed by atoms with van der Waals surface area (Å²) in [6, 6.07) is 15.4. The number of nitrogens with zero attached hydrogens (tertiary/aromatic N) is 3. The van der Waals surface area contributed by atoms with Gasteiger partial charge in [0, 0.05) is 18.7 Å². The fourth-order valence-corrected chi connectivity index (χ4v) is 2.85. The Balaban J connectivity index is 1.74. The zero-order valence-corrected chi connectivity index (χ0v) is 15.3. The van der Waals surface area contributed by atoms with Gasteiger partial charge in [0.05, 0.1) is 22.9 Å². The SMILES string of the molecule is CCN(CC)C(=O)[C@@H](C)Oc1ccc(-c2cnc3ccccc3n2)cc1. The van der Waals surface area contributed by atoms with Gasteiger partial charge in [-0.3, -0.25) is 9.78 Å². The molecule has 1 heterocycles. The van der Waals surface area contributed by atoms with E-state index in [0.29, 0.717) is 18.8 Å². The summed E-state index contributed by atoms with van der Waals surface area (Å²) in [4.78, 5) is 23.2. The summed E-state index contributed by atoms with van der Waals surface area (Å²) in [5, 5.41) is 0. The number of benzene rings is 2. The number of para-hydroxylation sites is 2. The Labute approximate surface area is 153 Å². The van der Waals surface area contributed by atoms with Gasteiger partial charge in [-0.05, 0) is 57.2 Å². The maximum absolute atomic E-state index is 12.3. The maximum atomic E-state index is 12.3. The van der Waals surface area contributed by atoms with Crippen molar-refractivity contribution in [1.82, 2.24) is 14.9 Å². The van der Waals surface area contributed by atoms with E-state index in [2.05, 4.69) is 9.97 Å². The summed E-state index contributed by atoms with van der Waals surface area (Å²) < 4.78 is 5.79. The maximum Gasteiger partial charge on any atom is 0.263 e. The number of aromatic nitrogens is 2. The van der Waals surface area contributed by atoms with E-state index in [9.17, 15) is 4.79 Å². The summed E-state index contributed by atoms with van der Waals surface area (Å²) in [6.07, 6.45) is 1.26. The van der Waals surface area contributed by atoms with Crippen LogP contribution in [-0.4, -0.2) is 40.0 Å². The third kappa shape index (κ3) is 3.82. The molecule has 0 N–H and O–H groups in total. The Morgan fingerprint density at radius 1 is 1.04 bits per heavy atom. The lowest BCUT2D eigenvalue weighted by Gasteiger charge is -2.23. The third-order valence-corrected chi connectivity index (χ3v) is 4.33. The van der Waals surface area contributed by atoms with Crippen LogP contribution in [0.25, 0.3) is 22.3 Å². The number of carbonyl (C=O) groups is 1. The number of likely N-dealkylation sites (N-methyl/N-ethyl adjacent to an activating group) is 1. The second-order valence-electron chi connectivity index (χ2n) is 6.04. The second kappa shape index (κ2) is 7.95. The van der Waals surface area contributed by atoms with Crippen LogP contribution in [0.3, 0.4) is 0 Å². The highest BCUT2D eigenvalue weighted by Crippen LogP contribution is 2.22. The van der Waals surface area contributed by atoms with E-state index >= 15 is 0 Å². The number of carbonyl (C=O) groups excluding carboxylic acids is 1. The van der Waals surface area contributed by atoms with Crippen LogP contribution < -0.4 is 4.74 Å². The van der Waals surface area contributed by atoms with Gasteiger partial charge in [-0.1, -0.05) is 12.1 Å². The van der Waals surface area contributed by atoms with Crippen molar-refractivity contribution in [3.63, 3.8) is 0 Å². The smallest absolute Gasteiger partial charge is 0.263 e. The number of ether oxygens (including phenoxy) is 1. The van der Waals surface area contributed by atoms with Crippen LogP contribution in [0.5, 0.6) is 5.75 Å². The zero-order chi connectivity index (χ0) is 18.5. The fraction of sp³-hybridized carbons (Fsp3) is 0.286. The van der Waals surface area contributed by atoms with E-state index in [1.807, 2.05) is 62.4 Å². The lowest BCUT2D eigenvalue weighted by atomic mass is 10.1. The molecule has 1 aromatic heterocycles. The molecular formula is C21H23N3O2. The molecule has 0 saturated heterocycles. The van der Waals surface area contributed by atoms with Gasteiger partial charge in [0.25, 0.3) is 5.91 Å². The van der Waals surface area contributed by atoms with Crippen LogP contribution in [-0.2, 0) is 4.79 Å². The lowest BCUT2D eigenvalue weighted by Crippen LogP contribution is -2.40. The Kier molecular flexibility index (Phi) is 5.46. The van der Waals surface area contributed by atoms with E-state index in [1.54, 1.807) is 18.0 Å². The highest BCUT2D eigenvalue weighted by molar-refractivity contribution is 5.81. The van der Waals surface area contributed by atoms with Crippen molar-refractivity contribution in [1.29, 1.82) is 0 Å². The van der Waals surface area contributed by atoms with Crippen molar-refractivity contribution < 1.29 is 9.53 Å². The third-order valence-electron chi connectivity index (χ3n) is 4.33. The lowest BCUT2D eigenvalue weighted by molar-refractivity contribution is -0.137. The van der Waals surface area contributed by atoms with Crippen LogP contribution in [0, 0.1) is 0 Å². The molecule has 0 aliphatic heterocycles. The van der Waals surface area contributed by atoms with Crippen molar-refractivity contribution in [2.24, 2.45) is 0 Å². The molecule has 134 valence electrons. The molecule has 0 fully saturated rings. The van der Waals surface area contributed by atoms with Gasteiger partial charge >= 0.3 is 0 Å². The highest BCUT2D eigenvalue weighted by Gasteiger charge is 2.19. The molecule has 3 aromatic rings. The molecule has 0 aliphatic carbocycles. The molecule has 0 radical (unpaired) electrons. The minimum Gasteiger partial charge on any atom is -0.481 e. The van der Waals surface area contributed by atoms with E-state index in [1.165, 1.54) is 0 Å².